The van der Waals surface area contributed by atoms with Gasteiger partial charge < -0.3 is 19.9 Å². The summed E-state index contributed by atoms with van der Waals surface area (Å²) in [6.45, 7) is 1.80. The zero-order valence-electron chi connectivity index (χ0n) is 12.0. The summed E-state index contributed by atoms with van der Waals surface area (Å²) in [4.78, 5) is 24.8. The summed E-state index contributed by atoms with van der Waals surface area (Å²) in [7, 11) is 2.95. The third-order valence-corrected chi connectivity index (χ3v) is 3.37. The molecule has 0 aromatic heterocycles. The van der Waals surface area contributed by atoms with E-state index in [0.29, 0.717) is 36.7 Å². The van der Waals surface area contributed by atoms with Crippen LogP contribution in [0.2, 0.25) is 0 Å². The van der Waals surface area contributed by atoms with E-state index >= 15 is 0 Å². The van der Waals surface area contributed by atoms with Gasteiger partial charge in [-0.2, -0.15) is 0 Å². The number of ether oxygens (including phenoxy) is 2. The normalized spacial score (nSPS) is 15.4. The van der Waals surface area contributed by atoms with E-state index in [1.165, 1.54) is 20.3 Å². The lowest BCUT2D eigenvalue weighted by atomic mass is 10.0. The number of amides is 1. The van der Waals surface area contributed by atoms with E-state index < -0.39 is 5.97 Å². The molecule has 7 nitrogen and oxygen atoms in total. The number of carbonyl (C=O) groups is 2. The second kappa shape index (κ2) is 6.45. The standard InChI is InChI=1S/C14H18N2O5/c1-20-9-5-10(14(18)19)11(12(6-9)21-2)7-16-4-3-15-13(17)8-16/h5-6H,3-4,7-8H2,1-2H3,(H,15,17)(H,18,19). The molecule has 1 saturated heterocycles. The molecule has 0 radical (unpaired) electrons. The van der Waals surface area contributed by atoms with Crippen molar-refractivity contribution in [2.45, 2.75) is 6.54 Å². The minimum Gasteiger partial charge on any atom is -0.497 e. The number of hydrogen-bond acceptors (Lipinski definition) is 5. The highest BCUT2D eigenvalue weighted by Crippen LogP contribution is 2.30. The molecule has 0 saturated carbocycles. The summed E-state index contributed by atoms with van der Waals surface area (Å²) in [6, 6.07) is 3.11. The number of rotatable bonds is 5. The first kappa shape index (κ1) is 15.1. The predicted molar refractivity (Wildman–Crippen MR) is 74.8 cm³/mol. The van der Waals surface area contributed by atoms with Gasteiger partial charge in [0.05, 0.1) is 26.3 Å². The smallest absolute Gasteiger partial charge is 0.336 e. The van der Waals surface area contributed by atoms with Gasteiger partial charge in [-0.1, -0.05) is 0 Å². The SMILES string of the molecule is COc1cc(OC)c(CN2CCNC(=O)C2)c(C(=O)O)c1. The fourth-order valence-electron chi connectivity index (χ4n) is 2.32. The number of hydrogen-bond donors (Lipinski definition) is 2. The van der Waals surface area contributed by atoms with Crippen LogP contribution in [-0.2, 0) is 11.3 Å². The molecule has 2 N–H and O–H groups in total. The lowest BCUT2D eigenvalue weighted by Gasteiger charge is -2.27. The van der Waals surface area contributed by atoms with Crippen molar-refractivity contribution in [3.8, 4) is 11.5 Å². The van der Waals surface area contributed by atoms with Crippen molar-refractivity contribution in [1.29, 1.82) is 0 Å². The number of carboxylic acids is 1. The second-order valence-electron chi connectivity index (χ2n) is 4.72. The van der Waals surface area contributed by atoms with Crippen molar-refractivity contribution in [3.05, 3.63) is 23.3 Å². The minimum atomic E-state index is -1.05. The molecule has 1 heterocycles. The topological polar surface area (TPSA) is 88.1 Å². The Kier molecular flexibility index (Phi) is 4.64. The molecule has 21 heavy (non-hydrogen) atoms. The Balaban J connectivity index is 2.35. The average Bonchev–Trinajstić information content (AvgIpc) is 2.47. The highest BCUT2D eigenvalue weighted by Gasteiger charge is 2.22. The molecule has 0 unspecified atom stereocenters. The van der Waals surface area contributed by atoms with Crippen molar-refractivity contribution in [1.82, 2.24) is 10.2 Å². The van der Waals surface area contributed by atoms with Crippen molar-refractivity contribution < 1.29 is 24.2 Å². The Bertz CT molecular complexity index is 559. The number of aromatic carboxylic acids is 1. The maximum absolute atomic E-state index is 11.5. The summed E-state index contributed by atoms with van der Waals surface area (Å²) in [5.41, 5.74) is 0.665. The van der Waals surface area contributed by atoms with E-state index in [1.807, 2.05) is 4.90 Å². The lowest BCUT2D eigenvalue weighted by Crippen LogP contribution is -2.47. The predicted octanol–water partition coefficient (Wildman–Crippen LogP) is 0.334. The molecular formula is C14H18N2O5. The molecule has 1 aromatic carbocycles. The fourth-order valence-corrected chi connectivity index (χ4v) is 2.32. The Morgan fingerprint density at radius 2 is 2.14 bits per heavy atom. The number of nitrogens with one attached hydrogen (secondary N) is 1. The van der Waals surface area contributed by atoms with Gasteiger partial charge in [-0.15, -0.1) is 0 Å². The van der Waals surface area contributed by atoms with Gasteiger partial charge in [0.1, 0.15) is 11.5 Å². The third kappa shape index (κ3) is 3.43. The lowest BCUT2D eigenvalue weighted by molar-refractivity contribution is -0.124. The molecule has 1 aliphatic heterocycles. The fraction of sp³-hybridized carbons (Fsp3) is 0.429. The number of benzene rings is 1. The number of carboxylic acid groups (broad SMARTS) is 1. The molecule has 7 heteroatoms. The van der Waals surface area contributed by atoms with Crippen LogP contribution >= 0.6 is 0 Å². The van der Waals surface area contributed by atoms with Crippen LogP contribution in [0.25, 0.3) is 0 Å². The van der Waals surface area contributed by atoms with Gasteiger partial charge in [-0.25, -0.2) is 4.79 Å². The number of piperazine rings is 1. The van der Waals surface area contributed by atoms with Crippen molar-refractivity contribution in [2.24, 2.45) is 0 Å². The summed E-state index contributed by atoms with van der Waals surface area (Å²) >= 11 is 0. The molecular weight excluding hydrogens is 276 g/mol. The third-order valence-electron chi connectivity index (χ3n) is 3.37. The number of methoxy groups -OCH3 is 2. The molecule has 0 spiro atoms. The van der Waals surface area contributed by atoms with Crippen molar-refractivity contribution >= 4 is 11.9 Å². The van der Waals surface area contributed by atoms with Gasteiger partial charge in [0, 0.05) is 31.3 Å². The van der Waals surface area contributed by atoms with E-state index in [9.17, 15) is 14.7 Å². The zero-order valence-corrected chi connectivity index (χ0v) is 12.0. The second-order valence-corrected chi connectivity index (χ2v) is 4.72. The molecule has 1 amide bonds. The average molecular weight is 294 g/mol. The van der Waals surface area contributed by atoms with Crippen molar-refractivity contribution in [3.63, 3.8) is 0 Å². The first-order valence-electron chi connectivity index (χ1n) is 6.52. The molecule has 2 rings (SSSR count). The Morgan fingerprint density at radius 1 is 1.38 bits per heavy atom. The summed E-state index contributed by atoms with van der Waals surface area (Å²) in [5, 5.41) is 12.1. The minimum absolute atomic E-state index is 0.0643. The first-order valence-corrected chi connectivity index (χ1v) is 6.52. The molecule has 0 bridgehead atoms. The van der Waals surface area contributed by atoms with Gasteiger partial charge in [0.2, 0.25) is 5.91 Å². The van der Waals surface area contributed by atoms with Gasteiger partial charge in [0.25, 0.3) is 0 Å². The quantitative estimate of drug-likeness (QED) is 0.814. The van der Waals surface area contributed by atoms with E-state index in [2.05, 4.69) is 5.32 Å². The van der Waals surface area contributed by atoms with Crippen LogP contribution in [-0.4, -0.2) is 55.7 Å². The Hall–Kier alpha value is -2.28. The van der Waals surface area contributed by atoms with E-state index in [1.54, 1.807) is 6.07 Å². The summed E-state index contributed by atoms with van der Waals surface area (Å²) < 4.78 is 10.4. The van der Waals surface area contributed by atoms with E-state index in [-0.39, 0.29) is 18.0 Å². The maximum Gasteiger partial charge on any atom is 0.336 e. The highest BCUT2D eigenvalue weighted by molar-refractivity contribution is 5.91. The molecule has 114 valence electrons. The van der Waals surface area contributed by atoms with Gasteiger partial charge >= 0.3 is 5.97 Å². The van der Waals surface area contributed by atoms with Gasteiger partial charge in [0.15, 0.2) is 0 Å². The number of nitrogens with zero attached hydrogens (tertiary/aromatic N) is 1. The van der Waals surface area contributed by atoms with Crippen LogP contribution in [0.3, 0.4) is 0 Å². The molecule has 1 aromatic rings. The Labute approximate surface area is 122 Å². The van der Waals surface area contributed by atoms with Crippen LogP contribution < -0.4 is 14.8 Å². The van der Waals surface area contributed by atoms with Crippen LogP contribution in [0, 0.1) is 0 Å². The summed E-state index contributed by atoms with van der Waals surface area (Å²) in [5.74, 6) is -0.253. The van der Waals surface area contributed by atoms with Crippen LogP contribution in [0.15, 0.2) is 12.1 Å². The van der Waals surface area contributed by atoms with Crippen LogP contribution in [0.1, 0.15) is 15.9 Å². The van der Waals surface area contributed by atoms with Crippen LogP contribution in [0.4, 0.5) is 0 Å². The largest absolute Gasteiger partial charge is 0.497 e. The first-order chi connectivity index (χ1) is 10.0. The maximum atomic E-state index is 11.5. The zero-order chi connectivity index (χ0) is 15.4. The summed E-state index contributed by atoms with van der Waals surface area (Å²) in [6.07, 6.45) is 0. The Morgan fingerprint density at radius 3 is 2.71 bits per heavy atom. The van der Waals surface area contributed by atoms with E-state index in [4.69, 9.17) is 9.47 Å². The molecule has 1 fully saturated rings. The van der Waals surface area contributed by atoms with Crippen LogP contribution in [0.5, 0.6) is 11.5 Å². The van der Waals surface area contributed by atoms with Gasteiger partial charge in [-0.3, -0.25) is 9.69 Å². The highest BCUT2D eigenvalue weighted by atomic mass is 16.5. The van der Waals surface area contributed by atoms with Gasteiger partial charge in [-0.05, 0) is 6.07 Å². The molecule has 0 atom stereocenters. The van der Waals surface area contributed by atoms with Crippen molar-refractivity contribution in [2.75, 3.05) is 33.9 Å². The number of carbonyl (C=O) groups excluding carboxylic acids is 1. The monoisotopic (exact) mass is 294 g/mol. The van der Waals surface area contributed by atoms with E-state index in [0.717, 1.165) is 0 Å². The molecule has 0 aliphatic carbocycles. The molecule has 1 aliphatic rings.